The number of carbonyl (C=O) groups is 2. The first-order chi connectivity index (χ1) is 15.4. The van der Waals surface area contributed by atoms with Gasteiger partial charge in [-0.25, -0.2) is 14.0 Å². The summed E-state index contributed by atoms with van der Waals surface area (Å²) in [6, 6.07) is 7.62. The molecular weight excluding hydrogens is 417 g/mol. The molecule has 1 atom stereocenters. The summed E-state index contributed by atoms with van der Waals surface area (Å²) < 4.78 is 25.2. The highest BCUT2D eigenvalue weighted by Gasteiger charge is 2.31. The number of ether oxygens (including phenoxy) is 2. The zero-order valence-electron chi connectivity index (χ0n) is 18.4. The molecule has 172 valence electrons. The third-order valence-corrected chi connectivity index (χ3v) is 5.23. The number of rotatable bonds is 6. The molecule has 1 aromatic carbocycles. The van der Waals surface area contributed by atoms with E-state index in [1.54, 1.807) is 36.3 Å². The van der Waals surface area contributed by atoms with Crippen LogP contribution in [-0.2, 0) is 16.0 Å². The van der Waals surface area contributed by atoms with Crippen molar-refractivity contribution in [1.82, 2.24) is 14.8 Å². The van der Waals surface area contributed by atoms with E-state index in [-0.39, 0.29) is 11.7 Å². The molecule has 1 aliphatic rings. The van der Waals surface area contributed by atoms with E-state index in [0.29, 0.717) is 44.0 Å². The summed E-state index contributed by atoms with van der Waals surface area (Å²) in [5.41, 5.74) is 1.87. The first-order valence-corrected chi connectivity index (χ1v) is 10.2. The lowest BCUT2D eigenvalue weighted by Gasteiger charge is -2.40. The summed E-state index contributed by atoms with van der Waals surface area (Å²) in [6.45, 7) is 4.06. The Morgan fingerprint density at radius 1 is 1.19 bits per heavy atom. The summed E-state index contributed by atoms with van der Waals surface area (Å²) in [7, 11) is 2.92. The standard InChI is InChI=1S/C22H28FN5O4/c1-15-7-8-17(11-24-15)25-21(29)26-19-6-4-5-16(20(19)23)12-27-9-10-28(22(30)32-3)18(13-27)14-31-2/h4-8,11,18H,9-10,12-14H2,1-3H3,(H2,25,26,29)/t18-/m1/s1. The van der Waals surface area contributed by atoms with Crippen LogP contribution in [0.3, 0.4) is 0 Å². The van der Waals surface area contributed by atoms with Crippen LogP contribution in [0, 0.1) is 12.7 Å². The second-order valence-corrected chi connectivity index (χ2v) is 7.55. The van der Waals surface area contributed by atoms with Crippen LogP contribution in [0.2, 0.25) is 0 Å². The number of carbonyl (C=O) groups excluding carboxylic acids is 2. The third-order valence-electron chi connectivity index (χ3n) is 5.23. The van der Waals surface area contributed by atoms with Crippen LogP contribution in [0.25, 0.3) is 0 Å². The number of aromatic nitrogens is 1. The number of hydrogen-bond donors (Lipinski definition) is 2. The predicted octanol–water partition coefficient (Wildman–Crippen LogP) is 3.07. The predicted molar refractivity (Wildman–Crippen MR) is 118 cm³/mol. The lowest BCUT2D eigenvalue weighted by Crippen LogP contribution is -2.56. The fourth-order valence-electron chi connectivity index (χ4n) is 3.62. The van der Waals surface area contributed by atoms with E-state index >= 15 is 4.39 Å². The van der Waals surface area contributed by atoms with E-state index in [1.807, 2.05) is 11.8 Å². The van der Waals surface area contributed by atoms with E-state index < -0.39 is 17.9 Å². The molecule has 1 saturated heterocycles. The topological polar surface area (TPSA) is 96.0 Å². The van der Waals surface area contributed by atoms with Crippen molar-refractivity contribution >= 4 is 23.5 Å². The van der Waals surface area contributed by atoms with Crippen molar-refractivity contribution in [3.05, 3.63) is 53.6 Å². The molecule has 0 radical (unpaired) electrons. The van der Waals surface area contributed by atoms with E-state index in [1.165, 1.54) is 19.4 Å². The van der Waals surface area contributed by atoms with Crippen molar-refractivity contribution in [3.8, 4) is 0 Å². The third kappa shape index (κ3) is 5.92. The highest BCUT2D eigenvalue weighted by molar-refractivity contribution is 5.99. The normalized spacial score (nSPS) is 16.5. The van der Waals surface area contributed by atoms with Gasteiger partial charge in [-0.1, -0.05) is 12.1 Å². The molecule has 2 N–H and O–H groups in total. The molecule has 2 aromatic rings. The molecule has 32 heavy (non-hydrogen) atoms. The van der Waals surface area contributed by atoms with Crippen molar-refractivity contribution in [2.24, 2.45) is 0 Å². The Kier molecular flexibility index (Phi) is 7.96. The molecule has 2 heterocycles. The van der Waals surface area contributed by atoms with Crippen molar-refractivity contribution in [2.45, 2.75) is 19.5 Å². The minimum Gasteiger partial charge on any atom is -0.453 e. The molecule has 3 amide bonds. The highest BCUT2D eigenvalue weighted by atomic mass is 19.1. The minimum absolute atomic E-state index is 0.0849. The summed E-state index contributed by atoms with van der Waals surface area (Å²) in [4.78, 5) is 32.0. The van der Waals surface area contributed by atoms with E-state index in [2.05, 4.69) is 15.6 Å². The van der Waals surface area contributed by atoms with Gasteiger partial charge in [0.1, 0.15) is 0 Å². The quantitative estimate of drug-likeness (QED) is 0.710. The maximum atomic E-state index is 15.1. The Balaban J connectivity index is 1.64. The molecule has 10 heteroatoms. The lowest BCUT2D eigenvalue weighted by atomic mass is 10.1. The van der Waals surface area contributed by atoms with Crippen LogP contribution in [0.15, 0.2) is 36.5 Å². The average Bonchev–Trinajstić information content (AvgIpc) is 2.78. The summed E-state index contributed by atoms with van der Waals surface area (Å²) in [6.07, 6.45) is 1.13. The summed E-state index contributed by atoms with van der Waals surface area (Å²) in [5.74, 6) is -0.497. The Morgan fingerprint density at radius 3 is 2.69 bits per heavy atom. The first-order valence-electron chi connectivity index (χ1n) is 10.2. The smallest absolute Gasteiger partial charge is 0.409 e. The number of hydrogen-bond acceptors (Lipinski definition) is 6. The van der Waals surface area contributed by atoms with Gasteiger partial charge < -0.3 is 25.0 Å². The van der Waals surface area contributed by atoms with E-state index in [9.17, 15) is 9.59 Å². The number of nitrogens with zero attached hydrogens (tertiary/aromatic N) is 3. The van der Waals surface area contributed by atoms with Gasteiger partial charge in [-0.2, -0.15) is 0 Å². The molecule has 0 aliphatic carbocycles. The van der Waals surface area contributed by atoms with E-state index in [4.69, 9.17) is 9.47 Å². The van der Waals surface area contributed by atoms with Gasteiger partial charge >= 0.3 is 12.1 Å². The number of methoxy groups -OCH3 is 2. The average molecular weight is 445 g/mol. The molecule has 0 unspecified atom stereocenters. The van der Waals surface area contributed by atoms with Crippen LogP contribution in [0.4, 0.5) is 25.4 Å². The molecular formula is C22H28FN5O4. The fraction of sp³-hybridized carbons (Fsp3) is 0.409. The number of amides is 3. The number of nitrogens with one attached hydrogen (secondary N) is 2. The van der Waals surface area contributed by atoms with Crippen molar-refractivity contribution in [2.75, 3.05) is 51.1 Å². The molecule has 0 saturated carbocycles. The van der Waals surface area contributed by atoms with Crippen LogP contribution in [0.5, 0.6) is 0 Å². The maximum Gasteiger partial charge on any atom is 0.409 e. The van der Waals surface area contributed by atoms with Crippen molar-refractivity contribution < 1.29 is 23.5 Å². The maximum absolute atomic E-state index is 15.1. The number of pyridine rings is 1. The number of urea groups is 1. The van der Waals surface area contributed by atoms with Gasteiger partial charge in [0.05, 0.1) is 37.3 Å². The SMILES string of the molecule is COC[C@H]1CN(Cc2cccc(NC(=O)Nc3ccc(C)nc3)c2F)CCN1C(=O)OC. The Hall–Kier alpha value is -3.24. The fourth-order valence-corrected chi connectivity index (χ4v) is 3.62. The second kappa shape index (κ2) is 10.9. The van der Waals surface area contributed by atoms with Gasteiger partial charge in [0.15, 0.2) is 5.82 Å². The summed E-state index contributed by atoms with van der Waals surface area (Å²) in [5, 5.41) is 5.18. The van der Waals surface area contributed by atoms with Crippen molar-refractivity contribution in [1.29, 1.82) is 0 Å². The van der Waals surface area contributed by atoms with Crippen LogP contribution < -0.4 is 10.6 Å². The second-order valence-electron chi connectivity index (χ2n) is 7.55. The van der Waals surface area contributed by atoms with E-state index in [0.717, 1.165) is 5.69 Å². The monoisotopic (exact) mass is 445 g/mol. The van der Waals surface area contributed by atoms with Crippen LogP contribution >= 0.6 is 0 Å². The molecule has 0 spiro atoms. The Bertz CT molecular complexity index is 940. The summed E-state index contributed by atoms with van der Waals surface area (Å²) >= 11 is 0. The highest BCUT2D eigenvalue weighted by Crippen LogP contribution is 2.22. The van der Waals surface area contributed by atoms with Crippen molar-refractivity contribution in [3.63, 3.8) is 0 Å². The van der Waals surface area contributed by atoms with Gasteiger partial charge in [-0.05, 0) is 25.1 Å². The van der Waals surface area contributed by atoms with Crippen LogP contribution in [-0.4, -0.2) is 73.4 Å². The Labute approximate surface area is 186 Å². The number of aryl methyl sites for hydroxylation is 1. The first kappa shape index (κ1) is 23.4. The number of anilines is 2. The molecule has 1 fully saturated rings. The molecule has 1 aromatic heterocycles. The number of benzene rings is 1. The zero-order valence-corrected chi connectivity index (χ0v) is 18.4. The lowest BCUT2D eigenvalue weighted by molar-refractivity contribution is 0.0203. The number of piperazine rings is 1. The van der Waals surface area contributed by atoms with Crippen LogP contribution in [0.1, 0.15) is 11.3 Å². The molecule has 0 bridgehead atoms. The molecule has 9 nitrogen and oxygen atoms in total. The van der Waals surface area contributed by atoms with Gasteiger partial charge in [-0.3, -0.25) is 9.88 Å². The minimum atomic E-state index is -0.557. The van der Waals surface area contributed by atoms with Gasteiger partial charge in [0.2, 0.25) is 0 Å². The largest absolute Gasteiger partial charge is 0.453 e. The molecule has 1 aliphatic heterocycles. The zero-order chi connectivity index (χ0) is 23.1. The van der Waals surface area contributed by atoms with Gasteiger partial charge in [0, 0.05) is 44.5 Å². The Morgan fingerprint density at radius 2 is 2.00 bits per heavy atom. The van der Waals surface area contributed by atoms with Gasteiger partial charge in [-0.15, -0.1) is 0 Å². The number of halogens is 1. The van der Waals surface area contributed by atoms with Gasteiger partial charge in [0.25, 0.3) is 0 Å². The molecule has 3 rings (SSSR count).